The Bertz CT molecular complexity index is 1120. The second kappa shape index (κ2) is 6.91. The van der Waals surface area contributed by atoms with Crippen LogP contribution in [0.3, 0.4) is 0 Å². The molecule has 0 aliphatic rings. The van der Waals surface area contributed by atoms with Crippen molar-refractivity contribution in [1.29, 1.82) is 5.26 Å². The van der Waals surface area contributed by atoms with Gasteiger partial charge in [0.15, 0.2) is 0 Å². The summed E-state index contributed by atoms with van der Waals surface area (Å²) in [5, 5.41) is 20.9. The van der Waals surface area contributed by atoms with Gasteiger partial charge in [0.05, 0.1) is 23.7 Å². The molecular weight excluding hydrogens is 334 g/mol. The first-order valence-corrected chi connectivity index (χ1v) is 7.59. The Kier molecular flexibility index (Phi) is 4.50. The van der Waals surface area contributed by atoms with E-state index in [1.54, 1.807) is 31.4 Å². The molecule has 1 aromatic heterocycles. The van der Waals surface area contributed by atoms with E-state index in [0.29, 0.717) is 22.4 Å². The molecule has 2 aromatic carbocycles. The van der Waals surface area contributed by atoms with Crippen LogP contribution in [0.25, 0.3) is 22.6 Å². The van der Waals surface area contributed by atoms with Gasteiger partial charge in [-0.25, -0.2) is 0 Å². The van der Waals surface area contributed by atoms with Crippen LogP contribution in [-0.4, -0.2) is 17.0 Å². The molecular formula is C19H13N3O4. The minimum Gasteiger partial charge on any atom is -0.497 e. The number of aromatic amines is 1. The SMILES string of the molecule is COc1ccc2[nH]c(=O)c(C=C(C#N)c3ccc([N+](=O)[O-])cc3)cc2c1. The number of rotatable bonds is 4. The summed E-state index contributed by atoms with van der Waals surface area (Å²) in [6.07, 6.45) is 1.46. The molecule has 3 rings (SSSR count). The largest absolute Gasteiger partial charge is 0.497 e. The van der Waals surface area contributed by atoms with Crippen molar-refractivity contribution in [3.8, 4) is 11.8 Å². The number of H-pyrrole nitrogens is 1. The smallest absolute Gasteiger partial charge is 0.269 e. The van der Waals surface area contributed by atoms with Crippen LogP contribution in [0.1, 0.15) is 11.1 Å². The maximum absolute atomic E-state index is 12.3. The summed E-state index contributed by atoms with van der Waals surface area (Å²) >= 11 is 0. The number of nitro benzene ring substituents is 1. The van der Waals surface area contributed by atoms with E-state index in [2.05, 4.69) is 4.98 Å². The zero-order valence-electron chi connectivity index (χ0n) is 13.7. The molecule has 0 bridgehead atoms. The number of pyridine rings is 1. The number of nitrogens with zero attached hydrogens (tertiary/aromatic N) is 2. The molecule has 3 aromatic rings. The molecule has 7 nitrogen and oxygen atoms in total. The minimum absolute atomic E-state index is 0.0679. The molecule has 0 aliphatic heterocycles. The summed E-state index contributed by atoms with van der Waals surface area (Å²) in [6.45, 7) is 0. The van der Waals surface area contributed by atoms with Gasteiger partial charge in [0.1, 0.15) is 5.75 Å². The first-order valence-electron chi connectivity index (χ1n) is 7.59. The highest BCUT2D eigenvalue weighted by Gasteiger charge is 2.09. The molecule has 0 saturated heterocycles. The van der Waals surface area contributed by atoms with Crippen molar-refractivity contribution in [2.24, 2.45) is 0 Å². The molecule has 0 aliphatic carbocycles. The first-order chi connectivity index (χ1) is 12.5. The lowest BCUT2D eigenvalue weighted by atomic mass is 10.0. The van der Waals surface area contributed by atoms with E-state index in [4.69, 9.17) is 4.74 Å². The Morgan fingerprint density at radius 1 is 1.23 bits per heavy atom. The van der Waals surface area contributed by atoms with Crippen molar-refractivity contribution in [2.75, 3.05) is 7.11 Å². The monoisotopic (exact) mass is 347 g/mol. The summed E-state index contributed by atoms with van der Waals surface area (Å²) in [4.78, 5) is 25.3. The second-order valence-electron chi connectivity index (χ2n) is 5.48. The van der Waals surface area contributed by atoms with Crippen LogP contribution in [-0.2, 0) is 0 Å². The van der Waals surface area contributed by atoms with Crippen LogP contribution in [0.5, 0.6) is 5.75 Å². The first kappa shape index (κ1) is 16.9. The van der Waals surface area contributed by atoms with Crippen molar-refractivity contribution in [1.82, 2.24) is 4.98 Å². The highest BCUT2D eigenvalue weighted by Crippen LogP contribution is 2.22. The molecule has 0 amide bonds. The number of allylic oxidation sites excluding steroid dienone is 1. The highest BCUT2D eigenvalue weighted by atomic mass is 16.6. The van der Waals surface area contributed by atoms with Crippen molar-refractivity contribution in [3.05, 3.63) is 80.1 Å². The van der Waals surface area contributed by atoms with Crippen molar-refractivity contribution in [3.63, 3.8) is 0 Å². The van der Waals surface area contributed by atoms with Gasteiger partial charge in [-0.1, -0.05) is 0 Å². The highest BCUT2D eigenvalue weighted by molar-refractivity contribution is 5.91. The van der Waals surface area contributed by atoms with Gasteiger partial charge in [-0.2, -0.15) is 5.26 Å². The van der Waals surface area contributed by atoms with Crippen LogP contribution < -0.4 is 10.3 Å². The Morgan fingerprint density at radius 2 is 1.96 bits per heavy atom. The molecule has 0 fully saturated rings. The van der Waals surface area contributed by atoms with Crippen LogP contribution in [0.15, 0.2) is 53.3 Å². The maximum Gasteiger partial charge on any atom is 0.269 e. The van der Waals surface area contributed by atoms with Gasteiger partial charge in [-0.15, -0.1) is 0 Å². The summed E-state index contributed by atoms with van der Waals surface area (Å²) in [7, 11) is 1.55. The molecule has 0 radical (unpaired) electrons. The lowest BCUT2D eigenvalue weighted by Gasteiger charge is -2.04. The molecule has 1 N–H and O–H groups in total. The van der Waals surface area contributed by atoms with E-state index < -0.39 is 4.92 Å². The van der Waals surface area contributed by atoms with E-state index in [9.17, 15) is 20.2 Å². The van der Waals surface area contributed by atoms with Crippen LogP contribution >= 0.6 is 0 Å². The molecule has 128 valence electrons. The number of hydrogen-bond donors (Lipinski definition) is 1. The summed E-state index contributed by atoms with van der Waals surface area (Å²) in [5.74, 6) is 0.648. The van der Waals surface area contributed by atoms with Crippen LogP contribution in [0.4, 0.5) is 5.69 Å². The minimum atomic E-state index is -0.513. The maximum atomic E-state index is 12.3. The van der Waals surface area contributed by atoms with Crippen LogP contribution in [0.2, 0.25) is 0 Å². The quantitative estimate of drug-likeness (QED) is 0.441. The van der Waals surface area contributed by atoms with Gasteiger partial charge < -0.3 is 9.72 Å². The number of nitriles is 1. The Morgan fingerprint density at radius 3 is 2.58 bits per heavy atom. The molecule has 0 atom stereocenters. The molecule has 1 heterocycles. The fourth-order valence-electron chi connectivity index (χ4n) is 2.53. The Hall–Kier alpha value is -3.92. The third kappa shape index (κ3) is 3.30. The van der Waals surface area contributed by atoms with Crippen molar-refractivity contribution in [2.45, 2.75) is 0 Å². The van der Waals surface area contributed by atoms with E-state index in [1.807, 2.05) is 6.07 Å². The van der Waals surface area contributed by atoms with E-state index in [1.165, 1.54) is 30.3 Å². The summed E-state index contributed by atoms with van der Waals surface area (Å²) in [5.41, 5.74) is 1.28. The average molecular weight is 347 g/mol. The predicted molar refractivity (Wildman–Crippen MR) is 97.7 cm³/mol. The molecule has 26 heavy (non-hydrogen) atoms. The number of fused-ring (bicyclic) bond motifs is 1. The number of hydrogen-bond acceptors (Lipinski definition) is 5. The topological polar surface area (TPSA) is 109 Å². The van der Waals surface area contributed by atoms with Gasteiger partial charge in [-0.05, 0) is 48.0 Å². The van der Waals surface area contributed by atoms with E-state index in [0.717, 1.165) is 5.39 Å². The van der Waals surface area contributed by atoms with Gasteiger partial charge in [-0.3, -0.25) is 14.9 Å². The lowest BCUT2D eigenvalue weighted by molar-refractivity contribution is -0.384. The standard InChI is InChI=1S/C19H13N3O4/c1-26-17-6-7-18-13(10-17)8-14(19(23)21-18)9-15(11-20)12-2-4-16(5-3-12)22(24)25/h2-10H,1H3,(H,21,23). The number of methoxy groups -OCH3 is 1. The third-order valence-electron chi connectivity index (χ3n) is 3.89. The Labute approximate surface area is 147 Å². The van der Waals surface area contributed by atoms with E-state index in [-0.39, 0.29) is 16.8 Å². The lowest BCUT2D eigenvalue weighted by Crippen LogP contribution is -2.09. The summed E-state index contributed by atoms with van der Waals surface area (Å²) < 4.78 is 5.18. The number of non-ortho nitro benzene ring substituents is 1. The van der Waals surface area contributed by atoms with Gasteiger partial charge in [0.25, 0.3) is 11.2 Å². The number of aromatic nitrogens is 1. The van der Waals surface area contributed by atoms with E-state index >= 15 is 0 Å². The molecule has 0 saturated carbocycles. The third-order valence-corrected chi connectivity index (χ3v) is 3.89. The molecule has 0 spiro atoms. The second-order valence-corrected chi connectivity index (χ2v) is 5.48. The predicted octanol–water partition coefficient (Wildman–Crippen LogP) is 3.51. The fraction of sp³-hybridized carbons (Fsp3) is 0.0526. The zero-order valence-corrected chi connectivity index (χ0v) is 13.7. The van der Waals surface area contributed by atoms with Gasteiger partial charge >= 0.3 is 0 Å². The number of ether oxygens (including phenoxy) is 1. The van der Waals surface area contributed by atoms with Crippen molar-refractivity contribution >= 4 is 28.2 Å². The number of nitro groups is 1. The molecule has 7 heteroatoms. The van der Waals surface area contributed by atoms with Crippen LogP contribution in [0, 0.1) is 21.4 Å². The van der Waals surface area contributed by atoms with Gasteiger partial charge in [0.2, 0.25) is 0 Å². The fourth-order valence-corrected chi connectivity index (χ4v) is 2.53. The zero-order chi connectivity index (χ0) is 18.7. The Balaban J connectivity index is 2.08. The average Bonchev–Trinajstić information content (AvgIpc) is 2.66. The molecule has 0 unspecified atom stereocenters. The van der Waals surface area contributed by atoms with Gasteiger partial charge in [0, 0.05) is 28.6 Å². The normalized spacial score (nSPS) is 11.2. The summed E-state index contributed by atoms with van der Waals surface area (Å²) in [6, 6.07) is 14.5. The number of benzene rings is 2. The number of nitrogens with one attached hydrogen (secondary N) is 1. The van der Waals surface area contributed by atoms with Crippen molar-refractivity contribution < 1.29 is 9.66 Å².